The molecule has 0 saturated heterocycles. The van der Waals surface area contributed by atoms with E-state index in [1.807, 2.05) is 0 Å². The summed E-state index contributed by atoms with van der Waals surface area (Å²) in [6.07, 6.45) is 2.04. The molecule has 44 heavy (non-hydrogen) atoms. The van der Waals surface area contributed by atoms with Gasteiger partial charge in [0.2, 0.25) is 11.5 Å². The van der Waals surface area contributed by atoms with Crippen LogP contribution in [0.3, 0.4) is 0 Å². The van der Waals surface area contributed by atoms with Crippen molar-refractivity contribution in [2.75, 3.05) is 0 Å². The maximum Gasteiger partial charge on any atom is 0.318 e. The fourth-order valence-corrected chi connectivity index (χ4v) is 4.26. The highest BCUT2D eigenvalue weighted by Gasteiger charge is 2.27. The minimum absolute atomic E-state index is 0.324. The zero-order valence-corrected chi connectivity index (χ0v) is 22.2. The van der Waals surface area contributed by atoms with E-state index >= 15 is 0 Å². The Morgan fingerprint density at radius 3 is 1.18 bits per heavy atom. The maximum absolute atomic E-state index is 11.4. The van der Waals surface area contributed by atoms with Crippen LogP contribution in [0.25, 0.3) is 0 Å². The summed E-state index contributed by atoms with van der Waals surface area (Å²) in [5.41, 5.74) is -2.72. The van der Waals surface area contributed by atoms with Gasteiger partial charge in [-0.15, -0.1) is 0 Å². The smallest absolute Gasteiger partial charge is 0.318 e. The van der Waals surface area contributed by atoms with E-state index in [1.54, 1.807) is 60.7 Å². The van der Waals surface area contributed by atoms with E-state index in [4.69, 9.17) is 0 Å². The molecule has 0 aliphatic rings. The molecule has 0 aliphatic heterocycles. The Kier molecular flexibility index (Phi) is 8.94. The summed E-state index contributed by atoms with van der Waals surface area (Å²) in [7, 11) is 0. The Labute approximate surface area is 246 Å². The molecule has 0 heterocycles. The van der Waals surface area contributed by atoms with E-state index in [2.05, 4.69) is 9.98 Å². The zero-order valence-electron chi connectivity index (χ0n) is 22.2. The lowest BCUT2D eigenvalue weighted by Crippen LogP contribution is -2.09. The minimum atomic E-state index is -0.983. The van der Waals surface area contributed by atoms with Crippen LogP contribution in [0.1, 0.15) is 34.3 Å². The molecular formula is C28H20N6O10. The summed E-state index contributed by atoms with van der Waals surface area (Å²) >= 11 is 0. The summed E-state index contributed by atoms with van der Waals surface area (Å²) in [5.74, 6) is -1.71. The van der Waals surface area contributed by atoms with Gasteiger partial charge in [-0.1, -0.05) is 60.7 Å². The number of nitrogens with zero attached hydrogens (tertiary/aromatic N) is 6. The van der Waals surface area contributed by atoms with E-state index in [0.717, 1.165) is 24.6 Å². The van der Waals surface area contributed by atoms with Gasteiger partial charge in [-0.3, -0.25) is 50.4 Å². The van der Waals surface area contributed by atoms with Crippen LogP contribution in [-0.4, -0.2) is 42.3 Å². The molecule has 4 aromatic rings. The van der Waals surface area contributed by atoms with Gasteiger partial charge in [-0.25, -0.2) is 0 Å². The van der Waals surface area contributed by atoms with Gasteiger partial charge in [0, 0.05) is 35.7 Å². The molecule has 0 aliphatic carbocycles. The van der Waals surface area contributed by atoms with Crippen molar-refractivity contribution >= 4 is 35.2 Å². The molecule has 0 fully saturated rings. The Hall–Kier alpha value is -6.58. The van der Waals surface area contributed by atoms with Crippen LogP contribution in [0.2, 0.25) is 0 Å². The molecule has 2 unspecified atom stereocenters. The van der Waals surface area contributed by atoms with Crippen LogP contribution in [0.4, 0.5) is 22.7 Å². The van der Waals surface area contributed by atoms with Crippen molar-refractivity contribution in [1.82, 2.24) is 0 Å². The molecule has 0 aromatic heterocycles. The van der Waals surface area contributed by atoms with Gasteiger partial charge in [0.05, 0.1) is 31.8 Å². The van der Waals surface area contributed by atoms with Crippen molar-refractivity contribution in [3.05, 3.63) is 148 Å². The van der Waals surface area contributed by atoms with Gasteiger partial charge < -0.3 is 10.2 Å². The summed E-state index contributed by atoms with van der Waals surface area (Å²) < 4.78 is 0. The third-order valence-corrected chi connectivity index (χ3v) is 6.35. The Morgan fingerprint density at radius 2 is 0.886 bits per heavy atom. The number of nitro benzene ring substituents is 4. The van der Waals surface area contributed by atoms with Gasteiger partial charge in [-0.2, -0.15) is 0 Å². The largest absolute Gasteiger partial charge is 0.502 e. The molecule has 4 aromatic carbocycles. The van der Waals surface area contributed by atoms with Crippen molar-refractivity contribution in [3.8, 4) is 11.5 Å². The Balaban J connectivity index is 1.91. The highest BCUT2D eigenvalue weighted by atomic mass is 16.6. The molecule has 0 saturated carbocycles. The first-order chi connectivity index (χ1) is 21.0. The Bertz CT molecular complexity index is 1680. The van der Waals surface area contributed by atoms with E-state index in [1.165, 1.54) is 0 Å². The molecule has 16 nitrogen and oxygen atoms in total. The first kappa shape index (κ1) is 30.4. The molecule has 2 N–H and O–H groups in total. The normalized spacial score (nSPS) is 12.6. The summed E-state index contributed by atoms with van der Waals surface area (Å²) in [6, 6.07) is 18.0. The third-order valence-electron chi connectivity index (χ3n) is 6.35. The van der Waals surface area contributed by atoms with Crippen LogP contribution in [0.15, 0.2) is 94.9 Å². The van der Waals surface area contributed by atoms with Crippen LogP contribution >= 0.6 is 0 Å². The van der Waals surface area contributed by atoms with Crippen molar-refractivity contribution in [2.24, 2.45) is 9.98 Å². The first-order valence-electron chi connectivity index (χ1n) is 12.5. The molecule has 16 heteroatoms. The molecule has 0 bridgehead atoms. The summed E-state index contributed by atoms with van der Waals surface area (Å²) in [4.78, 5) is 51.0. The number of benzene rings is 4. The lowest BCUT2D eigenvalue weighted by Gasteiger charge is -2.22. The van der Waals surface area contributed by atoms with E-state index in [-0.39, 0.29) is 11.1 Å². The first-order valence-corrected chi connectivity index (χ1v) is 12.5. The minimum Gasteiger partial charge on any atom is -0.502 e. The van der Waals surface area contributed by atoms with E-state index < -0.39 is 66.0 Å². The second-order valence-corrected chi connectivity index (χ2v) is 9.10. The number of aliphatic imine (C=N–C) groups is 2. The van der Waals surface area contributed by atoms with Gasteiger partial charge in [-0.05, 0) is 11.1 Å². The van der Waals surface area contributed by atoms with Crippen molar-refractivity contribution < 1.29 is 29.9 Å². The topological polar surface area (TPSA) is 238 Å². The third kappa shape index (κ3) is 6.65. The predicted octanol–water partition coefficient (Wildman–Crippen LogP) is 5.75. The molecule has 0 radical (unpaired) electrons. The number of hydrogen-bond donors (Lipinski definition) is 2. The highest BCUT2D eigenvalue weighted by molar-refractivity contribution is 5.88. The lowest BCUT2D eigenvalue weighted by molar-refractivity contribution is -0.395. The average molecular weight is 601 g/mol. The monoisotopic (exact) mass is 600 g/mol. The molecule has 0 amide bonds. The van der Waals surface area contributed by atoms with Crippen molar-refractivity contribution in [1.29, 1.82) is 0 Å². The number of aromatic hydroxyl groups is 2. The summed E-state index contributed by atoms with van der Waals surface area (Å²) in [6.45, 7) is 0. The number of rotatable bonds is 11. The fraction of sp³-hybridized carbons (Fsp3) is 0.0714. The number of phenolic OH excluding ortho intramolecular Hbond substituents is 2. The SMILES string of the molecule is O=[N+]([O-])c1cc(C=NC(c2ccccc2)C(N=Cc2cc([N+](=O)[O-])cc([N+](=O)[O-])c2O)c2ccccc2)c(O)c([N+](=O)[O-])c1. The molecule has 222 valence electrons. The average Bonchev–Trinajstić information content (AvgIpc) is 3.00. The van der Waals surface area contributed by atoms with E-state index in [0.29, 0.717) is 23.3 Å². The molecular weight excluding hydrogens is 580 g/mol. The van der Waals surface area contributed by atoms with Crippen molar-refractivity contribution in [3.63, 3.8) is 0 Å². The maximum atomic E-state index is 11.4. The molecule has 4 rings (SSSR count). The van der Waals surface area contributed by atoms with Crippen LogP contribution in [0.5, 0.6) is 11.5 Å². The molecule has 0 spiro atoms. The predicted molar refractivity (Wildman–Crippen MR) is 156 cm³/mol. The van der Waals surface area contributed by atoms with Crippen LogP contribution in [-0.2, 0) is 0 Å². The van der Waals surface area contributed by atoms with Gasteiger partial charge in [0.25, 0.3) is 11.4 Å². The number of non-ortho nitro benzene ring substituents is 2. The second-order valence-electron chi connectivity index (χ2n) is 9.10. The molecule has 2 atom stereocenters. The van der Waals surface area contributed by atoms with Crippen molar-refractivity contribution in [2.45, 2.75) is 12.1 Å². The lowest BCUT2D eigenvalue weighted by atomic mass is 9.94. The standard InChI is InChI=1S/C28H20N6O10/c35-27-19(11-21(31(37)38)13-23(27)33(41)42)15-29-25(17-7-3-1-4-8-17)26(18-9-5-2-6-10-18)30-16-20-12-22(32(39)40)14-24(28(20)36)34(43)44/h1-16,25-26,35-36H. The number of phenols is 2. The quantitative estimate of drug-likeness (QED) is 0.120. The highest BCUT2D eigenvalue weighted by Crippen LogP contribution is 2.39. The van der Waals surface area contributed by atoms with Gasteiger partial charge >= 0.3 is 11.4 Å². The second kappa shape index (κ2) is 12.9. The van der Waals surface area contributed by atoms with Gasteiger partial charge in [0.1, 0.15) is 12.1 Å². The van der Waals surface area contributed by atoms with Gasteiger partial charge in [0.15, 0.2) is 0 Å². The van der Waals surface area contributed by atoms with E-state index in [9.17, 15) is 50.7 Å². The Morgan fingerprint density at radius 1 is 0.545 bits per heavy atom. The van der Waals surface area contributed by atoms with Crippen LogP contribution in [0, 0.1) is 40.5 Å². The fourth-order valence-electron chi connectivity index (χ4n) is 4.26. The van der Waals surface area contributed by atoms with Crippen LogP contribution < -0.4 is 0 Å². The summed E-state index contributed by atoms with van der Waals surface area (Å²) in [5, 5.41) is 66.7. The number of nitro groups is 4. The zero-order chi connectivity index (χ0) is 32.0. The number of hydrogen-bond acceptors (Lipinski definition) is 12.